The summed E-state index contributed by atoms with van der Waals surface area (Å²) in [7, 11) is 1.27. The first kappa shape index (κ1) is 14.0. The van der Waals surface area contributed by atoms with Crippen molar-refractivity contribution in [2.75, 3.05) is 20.2 Å². The van der Waals surface area contributed by atoms with Crippen LogP contribution in [-0.2, 0) is 16.1 Å². The van der Waals surface area contributed by atoms with Gasteiger partial charge in [-0.25, -0.2) is 4.79 Å². The molecule has 104 valence electrons. The number of nitrogens with zero attached hydrogens (tertiary/aromatic N) is 1. The largest absolute Gasteiger partial charge is 0.467 e. The number of ether oxygens (including phenoxy) is 1. The van der Waals surface area contributed by atoms with Gasteiger partial charge >= 0.3 is 5.97 Å². The van der Waals surface area contributed by atoms with Gasteiger partial charge in [0, 0.05) is 6.54 Å². The predicted molar refractivity (Wildman–Crippen MR) is 72.5 cm³/mol. The van der Waals surface area contributed by atoms with Crippen molar-refractivity contribution in [3.63, 3.8) is 0 Å². The van der Waals surface area contributed by atoms with Crippen LogP contribution in [0, 0.1) is 0 Å². The van der Waals surface area contributed by atoms with Gasteiger partial charge in [0.15, 0.2) is 6.10 Å². The van der Waals surface area contributed by atoms with Crippen LogP contribution in [0.25, 0.3) is 0 Å². The number of carbonyl (C=O) groups is 1. The maximum Gasteiger partial charge on any atom is 0.339 e. The summed E-state index contributed by atoms with van der Waals surface area (Å²) in [6.45, 7) is 3.26. The van der Waals surface area contributed by atoms with Crippen molar-refractivity contribution in [1.29, 1.82) is 0 Å². The standard InChI is InChI=1S/C15H21NO3/c1-19-15(18)14(17)13-7-5-12(6-8-13)11-16-9-3-2-4-10-16/h5-8,14,17H,2-4,9-11H2,1H3. The normalized spacial score (nSPS) is 18.0. The van der Waals surface area contributed by atoms with E-state index in [1.54, 1.807) is 12.1 Å². The molecule has 0 bridgehead atoms. The average Bonchev–Trinajstić information content (AvgIpc) is 2.47. The van der Waals surface area contributed by atoms with Crippen LogP contribution in [0.3, 0.4) is 0 Å². The van der Waals surface area contributed by atoms with E-state index in [2.05, 4.69) is 9.64 Å². The molecule has 4 nitrogen and oxygen atoms in total. The van der Waals surface area contributed by atoms with Gasteiger partial charge in [-0.15, -0.1) is 0 Å². The van der Waals surface area contributed by atoms with Crippen LogP contribution < -0.4 is 0 Å². The Kier molecular flexibility index (Phi) is 4.93. The minimum Gasteiger partial charge on any atom is -0.467 e. The summed E-state index contributed by atoms with van der Waals surface area (Å²) < 4.78 is 4.52. The quantitative estimate of drug-likeness (QED) is 0.843. The zero-order valence-corrected chi connectivity index (χ0v) is 11.3. The molecule has 2 rings (SSSR count). The first-order valence-electron chi connectivity index (χ1n) is 6.78. The topological polar surface area (TPSA) is 49.8 Å². The first-order valence-corrected chi connectivity index (χ1v) is 6.78. The third kappa shape index (κ3) is 3.78. The fourth-order valence-electron chi connectivity index (χ4n) is 2.43. The monoisotopic (exact) mass is 263 g/mol. The molecule has 0 spiro atoms. The second-order valence-corrected chi connectivity index (χ2v) is 5.00. The highest BCUT2D eigenvalue weighted by molar-refractivity contribution is 5.76. The van der Waals surface area contributed by atoms with E-state index >= 15 is 0 Å². The Morgan fingerprint density at radius 3 is 2.47 bits per heavy atom. The van der Waals surface area contributed by atoms with E-state index in [9.17, 15) is 9.90 Å². The molecular weight excluding hydrogens is 242 g/mol. The molecule has 1 saturated heterocycles. The van der Waals surface area contributed by atoms with Crippen LogP contribution in [0.4, 0.5) is 0 Å². The Balaban J connectivity index is 1.95. The van der Waals surface area contributed by atoms with E-state index in [-0.39, 0.29) is 0 Å². The fourth-order valence-corrected chi connectivity index (χ4v) is 2.43. The van der Waals surface area contributed by atoms with Gasteiger partial charge in [0.2, 0.25) is 0 Å². The van der Waals surface area contributed by atoms with E-state index < -0.39 is 12.1 Å². The SMILES string of the molecule is COC(=O)C(O)c1ccc(CN2CCCCC2)cc1. The highest BCUT2D eigenvalue weighted by atomic mass is 16.5. The minimum atomic E-state index is -1.19. The maximum atomic E-state index is 11.2. The van der Waals surface area contributed by atoms with Gasteiger partial charge in [0.1, 0.15) is 0 Å². The number of aliphatic hydroxyl groups is 1. The van der Waals surface area contributed by atoms with E-state index in [0.29, 0.717) is 5.56 Å². The van der Waals surface area contributed by atoms with Crippen molar-refractivity contribution in [2.45, 2.75) is 31.9 Å². The van der Waals surface area contributed by atoms with E-state index in [4.69, 9.17) is 0 Å². The summed E-state index contributed by atoms with van der Waals surface area (Å²) in [5.41, 5.74) is 1.79. The lowest BCUT2D eigenvalue weighted by atomic mass is 10.1. The highest BCUT2D eigenvalue weighted by Crippen LogP contribution is 2.17. The Morgan fingerprint density at radius 2 is 1.89 bits per heavy atom. The molecule has 1 aromatic carbocycles. The van der Waals surface area contributed by atoms with Crippen LogP contribution in [0.1, 0.15) is 36.5 Å². The van der Waals surface area contributed by atoms with Crippen LogP contribution in [0.2, 0.25) is 0 Å². The van der Waals surface area contributed by atoms with Gasteiger partial charge in [-0.2, -0.15) is 0 Å². The van der Waals surface area contributed by atoms with Gasteiger partial charge in [-0.1, -0.05) is 30.7 Å². The van der Waals surface area contributed by atoms with Gasteiger partial charge in [0.05, 0.1) is 7.11 Å². The molecule has 0 radical (unpaired) electrons. The van der Waals surface area contributed by atoms with Crippen molar-refractivity contribution in [3.05, 3.63) is 35.4 Å². The number of likely N-dealkylation sites (tertiary alicyclic amines) is 1. The van der Waals surface area contributed by atoms with Crippen LogP contribution in [0.5, 0.6) is 0 Å². The number of carbonyl (C=O) groups excluding carboxylic acids is 1. The van der Waals surface area contributed by atoms with Crippen LogP contribution in [0.15, 0.2) is 24.3 Å². The predicted octanol–water partition coefficient (Wildman–Crippen LogP) is 1.88. The lowest BCUT2D eigenvalue weighted by Crippen LogP contribution is -2.29. The van der Waals surface area contributed by atoms with Crippen molar-refractivity contribution in [3.8, 4) is 0 Å². The Hall–Kier alpha value is -1.39. The molecule has 1 fully saturated rings. The minimum absolute atomic E-state index is 0.578. The molecular formula is C15H21NO3. The Bertz CT molecular complexity index is 410. The second-order valence-electron chi connectivity index (χ2n) is 5.00. The molecule has 1 N–H and O–H groups in total. The number of aliphatic hydroxyl groups excluding tert-OH is 1. The number of hydrogen-bond acceptors (Lipinski definition) is 4. The zero-order valence-electron chi connectivity index (χ0n) is 11.3. The van der Waals surface area contributed by atoms with Crippen molar-refractivity contribution in [2.24, 2.45) is 0 Å². The van der Waals surface area contributed by atoms with E-state index in [1.165, 1.54) is 31.9 Å². The Labute approximate surface area is 114 Å². The molecule has 4 heteroatoms. The number of benzene rings is 1. The van der Waals surface area contributed by atoms with Gasteiger partial charge in [0.25, 0.3) is 0 Å². The number of methoxy groups -OCH3 is 1. The molecule has 1 aromatic rings. The lowest BCUT2D eigenvalue weighted by Gasteiger charge is -2.26. The van der Waals surface area contributed by atoms with Crippen molar-refractivity contribution >= 4 is 5.97 Å². The van der Waals surface area contributed by atoms with Gasteiger partial charge in [-0.05, 0) is 37.1 Å². The molecule has 0 saturated carbocycles. The smallest absolute Gasteiger partial charge is 0.339 e. The van der Waals surface area contributed by atoms with Crippen molar-refractivity contribution in [1.82, 2.24) is 4.90 Å². The molecule has 19 heavy (non-hydrogen) atoms. The summed E-state index contributed by atoms with van der Waals surface area (Å²) in [6.07, 6.45) is 2.70. The molecule has 0 aromatic heterocycles. The van der Waals surface area contributed by atoms with Crippen LogP contribution in [-0.4, -0.2) is 36.2 Å². The molecule has 1 atom stereocenters. The third-order valence-electron chi connectivity index (χ3n) is 3.57. The van der Waals surface area contributed by atoms with E-state index in [1.807, 2.05) is 12.1 Å². The summed E-state index contributed by atoms with van der Waals surface area (Å²) in [5, 5.41) is 9.72. The van der Waals surface area contributed by atoms with Crippen molar-refractivity contribution < 1.29 is 14.6 Å². The van der Waals surface area contributed by atoms with Gasteiger partial charge < -0.3 is 9.84 Å². The maximum absolute atomic E-state index is 11.2. The third-order valence-corrected chi connectivity index (χ3v) is 3.57. The summed E-state index contributed by atoms with van der Waals surface area (Å²) >= 11 is 0. The molecule has 0 aliphatic carbocycles. The van der Waals surface area contributed by atoms with Gasteiger partial charge in [-0.3, -0.25) is 4.90 Å². The second kappa shape index (κ2) is 6.68. The average molecular weight is 263 g/mol. The van der Waals surface area contributed by atoms with E-state index in [0.717, 1.165) is 19.6 Å². The number of rotatable bonds is 4. The number of esters is 1. The Morgan fingerprint density at radius 1 is 1.26 bits per heavy atom. The molecule has 1 heterocycles. The molecule has 1 aliphatic heterocycles. The first-order chi connectivity index (χ1) is 9.20. The number of piperidine rings is 1. The molecule has 1 unspecified atom stereocenters. The molecule has 0 amide bonds. The lowest BCUT2D eigenvalue weighted by molar-refractivity contribution is -0.150. The summed E-state index contributed by atoms with van der Waals surface area (Å²) in [5.74, 6) is -0.621. The van der Waals surface area contributed by atoms with Crippen LogP contribution >= 0.6 is 0 Å². The fraction of sp³-hybridized carbons (Fsp3) is 0.533. The number of hydrogen-bond donors (Lipinski definition) is 1. The summed E-state index contributed by atoms with van der Waals surface area (Å²) in [4.78, 5) is 13.7. The summed E-state index contributed by atoms with van der Waals surface area (Å²) in [6, 6.07) is 7.52. The zero-order chi connectivity index (χ0) is 13.7. The highest BCUT2D eigenvalue weighted by Gasteiger charge is 2.17. The molecule has 1 aliphatic rings.